The number of para-hydroxylation sites is 2. The topological polar surface area (TPSA) is 90.0 Å². The van der Waals surface area contributed by atoms with Crippen molar-refractivity contribution in [3.8, 4) is 0 Å². The van der Waals surface area contributed by atoms with E-state index in [2.05, 4.69) is 5.32 Å². The van der Waals surface area contributed by atoms with Crippen LogP contribution in [0.1, 0.15) is 6.92 Å². The number of halogens is 4. The Bertz CT molecular complexity index is 789. The maximum absolute atomic E-state index is 13.2. The zero-order valence-electron chi connectivity index (χ0n) is 14.8. The Kier molecular flexibility index (Phi) is 6.24. The summed E-state index contributed by atoms with van der Waals surface area (Å²) in [7, 11) is 0. The van der Waals surface area contributed by atoms with Gasteiger partial charge in [-0.25, -0.2) is 0 Å². The van der Waals surface area contributed by atoms with Gasteiger partial charge in [0.2, 0.25) is 11.8 Å². The van der Waals surface area contributed by atoms with E-state index in [0.717, 1.165) is 0 Å². The molecule has 0 aromatic heterocycles. The van der Waals surface area contributed by atoms with Gasteiger partial charge in [-0.15, -0.1) is 12.4 Å². The van der Waals surface area contributed by atoms with Crippen molar-refractivity contribution >= 4 is 41.6 Å². The molecule has 11 heteroatoms. The molecular weight excluding hydrogens is 403 g/mol. The minimum absolute atomic E-state index is 0. The highest BCUT2D eigenvalue weighted by Gasteiger charge is 2.54. The number of benzene rings is 1. The Hall–Kier alpha value is -2.33. The normalized spacial score (nSPS) is 23.4. The van der Waals surface area contributed by atoms with Gasteiger partial charge < -0.3 is 10.4 Å². The molecule has 0 spiro atoms. The fraction of sp³-hybridized carbons (Fsp3) is 0.471. The average Bonchev–Trinajstić information content (AvgIpc) is 3.05. The van der Waals surface area contributed by atoms with Crippen molar-refractivity contribution in [3.05, 3.63) is 24.3 Å². The van der Waals surface area contributed by atoms with Crippen molar-refractivity contribution < 1.29 is 32.7 Å². The number of rotatable bonds is 3. The lowest BCUT2D eigenvalue weighted by atomic mass is 9.96. The summed E-state index contributed by atoms with van der Waals surface area (Å²) in [5.74, 6) is -6.17. The second-order valence-corrected chi connectivity index (χ2v) is 6.71. The number of likely N-dealkylation sites (tertiary alicyclic amines) is 1. The number of anilines is 2. The SMILES string of the molecule is CC(C(=O)N1CC(=O)Nc2ccccc21)N1C[C@@H](C(F)(F)F)[C@H](C(=O)O)C1.Cl. The molecule has 0 aliphatic carbocycles. The van der Waals surface area contributed by atoms with E-state index in [1.807, 2.05) is 0 Å². The monoisotopic (exact) mass is 421 g/mol. The lowest BCUT2D eigenvalue weighted by molar-refractivity contribution is -0.188. The number of aliphatic carboxylic acids is 1. The highest BCUT2D eigenvalue weighted by Crippen LogP contribution is 2.39. The van der Waals surface area contributed by atoms with Crippen LogP contribution in [0.25, 0.3) is 0 Å². The zero-order chi connectivity index (χ0) is 19.9. The molecule has 3 atom stereocenters. The minimum Gasteiger partial charge on any atom is -0.481 e. The average molecular weight is 422 g/mol. The summed E-state index contributed by atoms with van der Waals surface area (Å²) in [5, 5.41) is 11.8. The lowest BCUT2D eigenvalue weighted by Gasteiger charge is -2.33. The molecule has 0 radical (unpaired) electrons. The molecule has 2 amide bonds. The predicted molar refractivity (Wildman–Crippen MR) is 96.4 cm³/mol. The van der Waals surface area contributed by atoms with Gasteiger partial charge in [-0.2, -0.15) is 13.2 Å². The summed E-state index contributed by atoms with van der Waals surface area (Å²) in [6, 6.07) is 5.60. The third kappa shape index (κ3) is 4.07. The van der Waals surface area contributed by atoms with Crippen molar-refractivity contribution in [1.29, 1.82) is 0 Å². The second-order valence-electron chi connectivity index (χ2n) is 6.71. The van der Waals surface area contributed by atoms with E-state index in [1.54, 1.807) is 24.3 Å². The summed E-state index contributed by atoms with van der Waals surface area (Å²) >= 11 is 0. The van der Waals surface area contributed by atoms with E-state index in [4.69, 9.17) is 5.11 Å². The molecule has 28 heavy (non-hydrogen) atoms. The molecule has 2 heterocycles. The molecule has 0 saturated carbocycles. The molecule has 1 saturated heterocycles. The Morgan fingerprint density at radius 1 is 1.25 bits per heavy atom. The summed E-state index contributed by atoms with van der Waals surface area (Å²) < 4.78 is 39.5. The second kappa shape index (κ2) is 7.96. The standard InChI is InChI=1S/C17H18F3N3O4.ClH/c1-9(22-6-10(16(26)27)11(7-22)17(18,19)20)15(25)23-8-14(24)21-12-4-2-3-5-13(12)23;/h2-5,9-11H,6-8H2,1H3,(H,21,24)(H,26,27);1H/t9?,10-,11-;/m1./s1. The first-order valence-electron chi connectivity index (χ1n) is 8.33. The fourth-order valence-electron chi connectivity index (χ4n) is 3.54. The number of fused-ring (bicyclic) bond motifs is 1. The third-order valence-electron chi connectivity index (χ3n) is 5.03. The number of nitrogens with zero attached hydrogens (tertiary/aromatic N) is 2. The molecule has 0 bridgehead atoms. The van der Waals surface area contributed by atoms with Gasteiger partial charge >= 0.3 is 12.1 Å². The van der Waals surface area contributed by atoms with Crippen LogP contribution in [-0.2, 0) is 14.4 Å². The highest BCUT2D eigenvalue weighted by atomic mass is 35.5. The van der Waals surface area contributed by atoms with E-state index in [-0.39, 0.29) is 25.5 Å². The number of alkyl halides is 3. The van der Waals surface area contributed by atoms with Gasteiger partial charge in [0, 0.05) is 13.1 Å². The first-order valence-corrected chi connectivity index (χ1v) is 8.33. The van der Waals surface area contributed by atoms with Crippen molar-refractivity contribution in [2.24, 2.45) is 11.8 Å². The molecule has 1 aromatic carbocycles. The van der Waals surface area contributed by atoms with Gasteiger partial charge in [-0.3, -0.25) is 24.2 Å². The van der Waals surface area contributed by atoms with Crippen molar-refractivity contribution in [2.75, 3.05) is 29.9 Å². The van der Waals surface area contributed by atoms with Crippen LogP contribution in [0.3, 0.4) is 0 Å². The van der Waals surface area contributed by atoms with Crippen molar-refractivity contribution in [1.82, 2.24) is 4.90 Å². The minimum atomic E-state index is -4.67. The van der Waals surface area contributed by atoms with E-state index >= 15 is 0 Å². The number of carbonyl (C=O) groups excluding carboxylic acids is 2. The number of hydrogen-bond acceptors (Lipinski definition) is 4. The summed E-state index contributed by atoms with van der Waals surface area (Å²) in [5.41, 5.74) is 0.891. The van der Waals surface area contributed by atoms with E-state index in [0.29, 0.717) is 11.4 Å². The molecular formula is C17H19ClF3N3O4. The zero-order valence-corrected chi connectivity index (χ0v) is 15.6. The van der Waals surface area contributed by atoms with Crippen LogP contribution >= 0.6 is 12.4 Å². The van der Waals surface area contributed by atoms with Crippen LogP contribution in [-0.4, -0.2) is 59.6 Å². The van der Waals surface area contributed by atoms with Gasteiger partial charge in [-0.1, -0.05) is 12.1 Å². The smallest absolute Gasteiger partial charge is 0.393 e. The number of nitrogens with one attached hydrogen (secondary N) is 1. The number of carboxylic acids is 1. The van der Waals surface area contributed by atoms with Crippen LogP contribution in [0.4, 0.5) is 24.5 Å². The molecule has 7 nitrogen and oxygen atoms in total. The van der Waals surface area contributed by atoms with Gasteiger partial charge in [0.25, 0.3) is 0 Å². The van der Waals surface area contributed by atoms with E-state index < -0.39 is 48.4 Å². The summed E-state index contributed by atoms with van der Waals surface area (Å²) in [6.07, 6.45) is -4.67. The molecule has 2 aliphatic heterocycles. The van der Waals surface area contributed by atoms with Crippen LogP contribution in [0.5, 0.6) is 0 Å². The Labute approximate surface area is 164 Å². The number of carboxylic acid groups (broad SMARTS) is 1. The Balaban J connectivity index is 0.00000280. The lowest BCUT2D eigenvalue weighted by Crippen LogP contribution is -2.51. The molecule has 2 aliphatic rings. The van der Waals surface area contributed by atoms with Gasteiger partial charge in [0.05, 0.1) is 29.3 Å². The highest BCUT2D eigenvalue weighted by molar-refractivity contribution is 6.11. The molecule has 154 valence electrons. The molecule has 1 fully saturated rings. The van der Waals surface area contributed by atoms with Crippen LogP contribution in [0.15, 0.2) is 24.3 Å². The van der Waals surface area contributed by atoms with Crippen molar-refractivity contribution in [2.45, 2.75) is 19.1 Å². The van der Waals surface area contributed by atoms with Crippen LogP contribution < -0.4 is 10.2 Å². The molecule has 1 unspecified atom stereocenters. The quantitative estimate of drug-likeness (QED) is 0.779. The van der Waals surface area contributed by atoms with Crippen molar-refractivity contribution in [3.63, 3.8) is 0 Å². The first kappa shape index (κ1) is 22.0. The molecule has 2 N–H and O–H groups in total. The largest absolute Gasteiger partial charge is 0.481 e. The third-order valence-corrected chi connectivity index (χ3v) is 5.03. The molecule has 3 rings (SSSR count). The van der Waals surface area contributed by atoms with Crippen LogP contribution in [0, 0.1) is 11.8 Å². The predicted octanol–water partition coefficient (Wildman–Crippen LogP) is 1.98. The molecule has 1 aromatic rings. The van der Waals surface area contributed by atoms with Gasteiger partial charge in [-0.05, 0) is 19.1 Å². The first-order chi connectivity index (χ1) is 12.6. The summed E-state index contributed by atoms with van der Waals surface area (Å²) in [4.78, 5) is 38.4. The summed E-state index contributed by atoms with van der Waals surface area (Å²) in [6.45, 7) is 0.220. The maximum atomic E-state index is 13.2. The number of hydrogen-bond donors (Lipinski definition) is 2. The van der Waals surface area contributed by atoms with E-state index in [9.17, 15) is 27.6 Å². The Morgan fingerprint density at radius 2 is 1.89 bits per heavy atom. The van der Waals surface area contributed by atoms with Gasteiger partial charge in [0.15, 0.2) is 0 Å². The van der Waals surface area contributed by atoms with Gasteiger partial charge in [0.1, 0.15) is 6.54 Å². The Morgan fingerprint density at radius 3 is 2.46 bits per heavy atom. The van der Waals surface area contributed by atoms with E-state index in [1.165, 1.54) is 16.7 Å². The maximum Gasteiger partial charge on any atom is 0.393 e. The number of carbonyl (C=O) groups is 3. The number of amides is 2. The van der Waals surface area contributed by atoms with Crippen LogP contribution in [0.2, 0.25) is 0 Å². The fourth-order valence-corrected chi connectivity index (χ4v) is 3.54.